The van der Waals surface area contributed by atoms with Crippen LogP contribution in [0.4, 0.5) is 10.5 Å². The van der Waals surface area contributed by atoms with Gasteiger partial charge >= 0.3 is 12.1 Å². The number of amides is 2. The molecule has 0 atom stereocenters. The van der Waals surface area contributed by atoms with Gasteiger partial charge in [-0.15, -0.1) is 0 Å². The Morgan fingerprint density at radius 2 is 1.65 bits per heavy atom. The average Bonchev–Trinajstić information content (AvgIpc) is 2.71. The van der Waals surface area contributed by atoms with E-state index < -0.39 is 29.1 Å². The first-order valence-corrected chi connectivity index (χ1v) is 10.2. The SMILES string of the molecule is COC(=O)C1(NC(=O)c2cc3ccccc3cc2N)CCN(C(=O)OC(C)(C)C)CC1. The van der Waals surface area contributed by atoms with Gasteiger partial charge in [-0.05, 0) is 56.5 Å². The maximum atomic E-state index is 13.1. The Bertz CT molecular complexity index is 1000. The highest BCUT2D eigenvalue weighted by Crippen LogP contribution is 2.28. The van der Waals surface area contributed by atoms with Crippen molar-refractivity contribution in [3.8, 4) is 0 Å². The summed E-state index contributed by atoms with van der Waals surface area (Å²) in [4.78, 5) is 39.6. The van der Waals surface area contributed by atoms with Gasteiger partial charge in [0.25, 0.3) is 5.91 Å². The summed E-state index contributed by atoms with van der Waals surface area (Å²) in [5.74, 6) is -1.01. The van der Waals surface area contributed by atoms with Crippen molar-refractivity contribution >= 4 is 34.4 Å². The summed E-state index contributed by atoms with van der Waals surface area (Å²) in [5, 5.41) is 4.63. The third kappa shape index (κ3) is 4.90. The van der Waals surface area contributed by atoms with E-state index in [1.807, 2.05) is 24.3 Å². The molecule has 0 unspecified atom stereocenters. The van der Waals surface area contributed by atoms with Gasteiger partial charge in [0.2, 0.25) is 0 Å². The van der Waals surface area contributed by atoms with Gasteiger partial charge in [-0.2, -0.15) is 0 Å². The van der Waals surface area contributed by atoms with E-state index in [9.17, 15) is 14.4 Å². The van der Waals surface area contributed by atoms with Crippen molar-refractivity contribution in [1.29, 1.82) is 0 Å². The summed E-state index contributed by atoms with van der Waals surface area (Å²) in [7, 11) is 1.28. The van der Waals surface area contributed by atoms with Gasteiger partial charge in [-0.3, -0.25) is 4.79 Å². The van der Waals surface area contributed by atoms with Crippen LogP contribution < -0.4 is 11.1 Å². The molecule has 0 spiro atoms. The number of hydrogen-bond acceptors (Lipinski definition) is 6. The van der Waals surface area contributed by atoms with E-state index in [-0.39, 0.29) is 31.5 Å². The molecule has 31 heavy (non-hydrogen) atoms. The molecule has 8 heteroatoms. The number of nitrogen functional groups attached to an aromatic ring is 1. The fourth-order valence-electron chi connectivity index (χ4n) is 3.71. The zero-order valence-electron chi connectivity index (χ0n) is 18.4. The molecule has 0 radical (unpaired) electrons. The number of piperidine rings is 1. The first-order chi connectivity index (χ1) is 14.5. The van der Waals surface area contributed by atoms with Crippen LogP contribution in [0.1, 0.15) is 44.0 Å². The van der Waals surface area contributed by atoms with Crippen molar-refractivity contribution in [3.05, 3.63) is 42.0 Å². The minimum absolute atomic E-state index is 0.206. The topological polar surface area (TPSA) is 111 Å². The molecule has 0 bridgehead atoms. The van der Waals surface area contributed by atoms with Crippen molar-refractivity contribution < 1.29 is 23.9 Å². The fourth-order valence-corrected chi connectivity index (χ4v) is 3.71. The van der Waals surface area contributed by atoms with Gasteiger partial charge in [0, 0.05) is 18.8 Å². The van der Waals surface area contributed by atoms with E-state index in [2.05, 4.69) is 5.32 Å². The lowest BCUT2D eigenvalue weighted by atomic mass is 9.87. The number of fused-ring (bicyclic) bond motifs is 1. The quantitative estimate of drug-likeness (QED) is 0.575. The fraction of sp³-hybridized carbons (Fsp3) is 0.435. The standard InChI is InChI=1S/C23H29N3O5/c1-22(2,3)31-21(29)26-11-9-23(10-12-26,20(28)30-4)25-19(27)17-13-15-7-5-6-8-16(15)14-18(17)24/h5-8,13-14H,9-12,24H2,1-4H3,(H,25,27). The van der Waals surface area contributed by atoms with Gasteiger partial charge in [0.15, 0.2) is 0 Å². The van der Waals surface area contributed by atoms with Crippen LogP contribution in [0, 0.1) is 0 Å². The Labute approximate surface area is 181 Å². The van der Waals surface area contributed by atoms with Gasteiger partial charge < -0.3 is 25.4 Å². The third-order valence-electron chi connectivity index (χ3n) is 5.36. The van der Waals surface area contributed by atoms with Crippen molar-refractivity contribution in [2.75, 3.05) is 25.9 Å². The molecule has 8 nitrogen and oxygen atoms in total. The highest BCUT2D eigenvalue weighted by atomic mass is 16.6. The van der Waals surface area contributed by atoms with Crippen molar-refractivity contribution in [3.63, 3.8) is 0 Å². The number of hydrogen-bond donors (Lipinski definition) is 2. The minimum Gasteiger partial charge on any atom is -0.467 e. The monoisotopic (exact) mass is 427 g/mol. The lowest BCUT2D eigenvalue weighted by Crippen LogP contribution is -2.61. The van der Waals surface area contributed by atoms with E-state index in [0.717, 1.165) is 10.8 Å². The van der Waals surface area contributed by atoms with E-state index in [4.69, 9.17) is 15.2 Å². The second kappa shape index (κ2) is 8.45. The minimum atomic E-state index is -1.25. The normalized spacial score (nSPS) is 15.9. The summed E-state index contributed by atoms with van der Waals surface area (Å²) in [6, 6.07) is 11.0. The van der Waals surface area contributed by atoms with Crippen LogP contribution in [0.25, 0.3) is 10.8 Å². The second-order valence-corrected chi connectivity index (χ2v) is 8.78. The molecule has 1 aliphatic rings. The van der Waals surface area contributed by atoms with E-state index in [1.165, 1.54) is 12.0 Å². The number of nitrogens with two attached hydrogens (primary N) is 1. The molecule has 2 aromatic rings. The summed E-state index contributed by atoms with van der Waals surface area (Å²) >= 11 is 0. The van der Waals surface area contributed by atoms with Gasteiger partial charge in [0.1, 0.15) is 11.1 Å². The number of ether oxygens (including phenoxy) is 2. The molecule has 0 aromatic heterocycles. The Morgan fingerprint density at radius 1 is 1.06 bits per heavy atom. The zero-order valence-corrected chi connectivity index (χ0v) is 18.4. The Hall–Kier alpha value is -3.29. The van der Waals surface area contributed by atoms with Crippen LogP contribution >= 0.6 is 0 Å². The number of carbonyl (C=O) groups is 3. The van der Waals surface area contributed by atoms with Crippen LogP contribution in [-0.2, 0) is 14.3 Å². The van der Waals surface area contributed by atoms with Crippen LogP contribution in [0.2, 0.25) is 0 Å². The van der Waals surface area contributed by atoms with Crippen LogP contribution in [0.3, 0.4) is 0 Å². The highest BCUT2D eigenvalue weighted by molar-refractivity contribution is 6.05. The molecule has 3 rings (SSSR count). The van der Waals surface area contributed by atoms with Crippen LogP contribution in [0.5, 0.6) is 0 Å². The second-order valence-electron chi connectivity index (χ2n) is 8.78. The molecule has 1 saturated heterocycles. The predicted molar refractivity (Wildman–Crippen MR) is 118 cm³/mol. The zero-order chi connectivity index (χ0) is 22.8. The van der Waals surface area contributed by atoms with E-state index in [1.54, 1.807) is 32.9 Å². The number of likely N-dealkylation sites (tertiary alicyclic amines) is 1. The van der Waals surface area contributed by atoms with Gasteiger partial charge in [0.05, 0.1) is 12.7 Å². The molecule has 0 saturated carbocycles. The Kier molecular flexibility index (Phi) is 6.10. The molecule has 2 amide bonds. The first kappa shape index (κ1) is 22.4. The Balaban J connectivity index is 1.80. The van der Waals surface area contributed by atoms with Gasteiger partial charge in [-0.25, -0.2) is 9.59 Å². The van der Waals surface area contributed by atoms with E-state index >= 15 is 0 Å². The largest absolute Gasteiger partial charge is 0.467 e. The lowest BCUT2D eigenvalue weighted by Gasteiger charge is -2.40. The highest BCUT2D eigenvalue weighted by Gasteiger charge is 2.45. The number of benzene rings is 2. The molecule has 0 aliphatic carbocycles. The number of anilines is 1. The number of rotatable bonds is 3. The summed E-state index contributed by atoms with van der Waals surface area (Å²) < 4.78 is 10.4. The molecular weight excluding hydrogens is 398 g/mol. The van der Waals surface area contributed by atoms with Gasteiger partial charge in [-0.1, -0.05) is 24.3 Å². The molecule has 1 aliphatic heterocycles. The maximum Gasteiger partial charge on any atom is 0.410 e. The van der Waals surface area contributed by atoms with Crippen molar-refractivity contribution in [2.45, 2.75) is 44.8 Å². The van der Waals surface area contributed by atoms with Crippen molar-refractivity contribution in [2.24, 2.45) is 0 Å². The predicted octanol–water partition coefficient (Wildman–Crippen LogP) is 3.09. The first-order valence-electron chi connectivity index (χ1n) is 10.2. The maximum absolute atomic E-state index is 13.1. The number of carbonyl (C=O) groups excluding carboxylic acids is 3. The summed E-state index contributed by atoms with van der Waals surface area (Å²) in [6.07, 6.45) is -0.0351. The summed E-state index contributed by atoms with van der Waals surface area (Å²) in [5.41, 5.74) is 4.87. The van der Waals surface area contributed by atoms with Crippen LogP contribution in [-0.4, -0.2) is 54.2 Å². The van der Waals surface area contributed by atoms with E-state index in [0.29, 0.717) is 5.69 Å². The number of methoxy groups -OCH3 is 1. The van der Waals surface area contributed by atoms with Crippen molar-refractivity contribution in [1.82, 2.24) is 10.2 Å². The molecule has 1 heterocycles. The molecule has 2 aromatic carbocycles. The number of nitrogens with zero attached hydrogens (tertiary/aromatic N) is 1. The lowest BCUT2D eigenvalue weighted by molar-refractivity contribution is -0.150. The Morgan fingerprint density at radius 3 is 2.19 bits per heavy atom. The third-order valence-corrected chi connectivity index (χ3v) is 5.36. The smallest absolute Gasteiger partial charge is 0.410 e. The molecule has 166 valence electrons. The molecular formula is C23H29N3O5. The molecule has 3 N–H and O–H groups in total. The van der Waals surface area contributed by atoms with Crippen LogP contribution in [0.15, 0.2) is 36.4 Å². The summed E-state index contributed by atoms with van der Waals surface area (Å²) in [6.45, 7) is 5.88. The molecule has 1 fully saturated rings. The number of esters is 1. The number of nitrogens with one attached hydrogen (secondary N) is 1. The average molecular weight is 428 g/mol.